The van der Waals surface area contributed by atoms with Crippen LogP contribution in [-0.2, 0) is 0 Å². The van der Waals surface area contributed by atoms with Crippen molar-refractivity contribution in [3.63, 3.8) is 0 Å². The molecule has 4 atom stereocenters. The molecule has 0 bridgehead atoms. The van der Waals surface area contributed by atoms with Crippen LogP contribution >= 0.6 is 0 Å². The second-order valence-electron chi connectivity index (χ2n) is 9.77. The minimum absolute atomic E-state index is 1.01. The Kier molecular flexibility index (Phi) is 10.6. The van der Waals surface area contributed by atoms with Crippen molar-refractivity contribution in [2.45, 2.75) is 112 Å². The van der Waals surface area contributed by atoms with Gasteiger partial charge in [-0.1, -0.05) is 99.3 Å². The normalized spacial score (nSPS) is 40.4. The molecule has 3 rings (SSSR count). The molecule has 3 saturated carbocycles. The Labute approximate surface area is 148 Å². The van der Waals surface area contributed by atoms with Gasteiger partial charge < -0.3 is 0 Å². The van der Waals surface area contributed by atoms with Gasteiger partial charge in [0, 0.05) is 0 Å². The first-order valence-electron chi connectivity index (χ1n) is 10.9. The lowest BCUT2D eigenvalue weighted by molar-refractivity contribution is 0.301. The van der Waals surface area contributed by atoms with Gasteiger partial charge in [0.05, 0.1) is 0 Å². The van der Waals surface area contributed by atoms with Crippen molar-refractivity contribution in [1.29, 1.82) is 0 Å². The second-order valence-corrected chi connectivity index (χ2v) is 9.77. The third kappa shape index (κ3) is 10.5. The Bertz CT molecular complexity index is 248. The zero-order valence-electron chi connectivity index (χ0n) is 17.2. The molecule has 0 nitrogen and oxygen atoms in total. The Morgan fingerprint density at radius 3 is 0.826 bits per heavy atom. The van der Waals surface area contributed by atoms with E-state index in [-0.39, 0.29) is 0 Å². The molecule has 3 aliphatic rings. The smallest absolute Gasteiger partial charge is 0.0440 e. The summed E-state index contributed by atoms with van der Waals surface area (Å²) in [6.07, 6.45) is 16.2. The van der Waals surface area contributed by atoms with Gasteiger partial charge in [-0.3, -0.25) is 0 Å². The summed E-state index contributed by atoms with van der Waals surface area (Å²) in [5.41, 5.74) is 0. The Hall–Kier alpha value is 0. The van der Waals surface area contributed by atoms with Crippen LogP contribution in [0.3, 0.4) is 0 Å². The highest BCUT2D eigenvalue weighted by Gasteiger charge is 2.16. The van der Waals surface area contributed by atoms with Crippen molar-refractivity contribution in [3.8, 4) is 0 Å². The van der Waals surface area contributed by atoms with Crippen molar-refractivity contribution < 1.29 is 0 Å². The third-order valence-electron chi connectivity index (χ3n) is 6.46. The largest absolute Gasteiger partial charge is 0.0625 e. The zero-order chi connectivity index (χ0) is 17.2. The monoisotopic (exact) mass is 322 g/mol. The fraction of sp³-hybridized carbons (Fsp3) is 1.00. The summed E-state index contributed by atoms with van der Waals surface area (Å²) in [5.74, 6) is 6.11. The molecule has 0 aromatic heterocycles. The van der Waals surface area contributed by atoms with Gasteiger partial charge in [-0.05, 0) is 48.3 Å². The van der Waals surface area contributed by atoms with Crippen LogP contribution < -0.4 is 0 Å². The average molecular weight is 323 g/mol. The minimum Gasteiger partial charge on any atom is -0.0625 e. The molecule has 0 heteroatoms. The van der Waals surface area contributed by atoms with E-state index in [1.807, 2.05) is 0 Å². The van der Waals surface area contributed by atoms with Crippen LogP contribution in [0.15, 0.2) is 0 Å². The van der Waals surface area contributed by atoms with E-state index in [1.54, 1.807) is 0 Å². The molecule has 0 heterocycles. The van der Waals surface area contributed by atoms with Gasteiger partial charge >= 0.3 is 0 Å². The SMILES string of the molecule is CC1CCC(C)C1.CC1CCC(C)CC1.CC1CCCC(C)C1. The van der Waals surface area contributed by atoms with E-state index < -0.39 is 0 Å². The van der Waals surface area contributed by atoms with Crippen molar-refractivity contribution in [1.82, 2.24) is 0 Å². The molecule has 0 N–H and O–H groups in total. The van der Waals surface area contributed by atoms with Crippen LogP contribution in [0.1, 0.15) is 112 Å². The summed E-state index contributed by atoms with van der Waals surface area (Å²) < 4.78 is 0. The second kappa shape index (κ2) is 11.5. The van der Waals surface area contributed by atoms with Crippen molar-refractivity contribution in [3.05, 3.63) is 0 Å². The first-order chi connectivity index (χ1) is 10.9. The molecule has 4 unspecified atom stereocenters. The van der Waals surface area contributed by atoms with Gasteiger partial charge in [-0.25, -0.2) is 0 Å². The first-order valence-corrected chi connectivity index (χ1v) is 10.9. The van der Waals surface area contributed by atoms with Gasteiger partial charge in [0.2, 0.25) is 0 Å². The summed E-state index contributed by atoms with van der Waals surface area (Å²) in [4.78, 5) is 0. The van der Waals surface area contributed by atoms with E-state index >= 15 is 0 Å². The molecule has 3 aliphatic carbocycles. The Balaban J connectivity index is 0.000000173. The van der Waals surface area contributed by atoms with Gasteiger partial charge in [-0.2, -0.15) is 0 Å². The Morgan fingerprint density at radius 2 is 0.609 bits per heavy atom. The van der Waals surface area contributed by atoms with E-state index in [4.69, 9.17) is 0 Å². The fourth-order valence-corrected chi connectivity index (χ4v) is 4.66. The van der Waals surface area contributed by atoms with Crippen LogP contribution in [0.2, 0.25) is 0 Å². The fourth-order valence-electron chi connectivity index (χ4n) is 4.66. The summed E-state index contributed by atoms with van der Waals surface area (Å²) in [7, 11) is 0. The van der Waals surface area contributed by atoms with E-state index in [2.05, 4.69) is 41.5 Å². The molecule has 0 spiro atoms. The highest BCUT2D eigenvalue weighted by Crippen LogP contribution is 2.29. The summed E-state index contributed by atoms with van der Waals surface area (Å²) in [6, 6.07) is 0. The molecule has 0 saturated heterocycles. The molecule has 0 aromatic rings. The van der Waals surface area contributed by atoms with Crippen LogP contribution in [0.4, 0.5) is 0 Å². The van der Waals surface area contributed by atoms with Crippen LogP contribution in [0, 0.1) is 35.5 Å². The minimum atomic E-state index is 1.01. The predicted octanol–water partition coefficient (Wildman–Crippen LogP) is 8.11. The summed E-state index contributed by atoms with van der Waals surface area (Å²) >= 11 is 0. The maximum Gasteiger partial charge on any atom is -0.0440 e. The zero-order valence-corrected chi connectivity index (χ0v) is 17.2. The van der Waals surface area contributed by atoms with Crippen molar-refractivity contribution in [2.75, 3.05) is 0 Å². The molecule has 0 radical (unpaired) electrons. The third-order valence-corrected chi connectivity index (χ3v) is 6.46. The lowest BCUT2D eigenvalue weighted by Gasteiger charge is -2.22. The lowest BCUT2D eigenvalue weighted by Crippen LogP contribution is -2.09. The molecular weight excluding hydrogens is 276 g/mol. The van der Waals surface area contributed by atoms with Crippen LogP contribution in [0.5, 0.6) is 0 Å². The predicted molar refractivity (Wildman–Crippen MR) is 106 cm³/mol. The molecule has 0 aromatic carbocycles. The van der Waals surface area contributed by atoms with Gasteiger partial charge in [0.15, 0.2) is 0 Å². The first kappa shape index (κ1) is 21.0. The van der Waals surface area contributed by atoms with Crippen molar-refractivity contribution >= 4 is 0 Å². The molecular formula is C23H46. The topological polar surface area (TPSA) is 0 Å². The number of hydrogen-bond donors (Lipinski definition) is 0. The maximum absolute atomic E-state index is 2.37. The molecule has 138 valence electrons. The molecule has 0 amide bonds. The van der Waals surface area contributed by atoms with E-state index in [0.29, 0.717) is 0 Å². The van der Waals surface area contributed by atoms with Crippen molar-refractivity contribution in [2.24, 2.45) is 35.5 Å². The highest BCUT2D eigenvalue weighted by atomic mass is 14.2. The molecule has 0 aliphatic heterocycles. The number of hydrogen-bond acceptors (Lipinski definition) is 0. The standard InChI is InChI=1S/2C8H16.C7H14/c1-7-3-5-8(2)6-4-7;1-7-4-3-5-8(2)6-7;1-6-3-4-7(2)5-6/h2*7-8H,3-6H2,1-2H3;6-7H,3-5H2,1-2H3. The molecule has 3 fully saturated rings. The quantitative estimate of drug-likeness (QED) is 0.422. The van der Waals surface area contributed by atoms with E-state index in [1.165, 1.54) is 70.6 Å². The van der Waals surface area contributed by atoms with E-state index in [0.717, 1.165) is 35.5 Å². The van der Waals surface area contributed by atoms with Gasteiger partial charge in [0.1, 0.15) is 0 Å². The average Bonchev–Trinajstić information content (AvgIpc) is 2.87. The van der Waals surface area contributed by atoms with Gasteiger partial charge in [-0.15, -0.1) is 0 Å². The van der Waals surface area contributed by atoms with Gasteiger partial charge in [0.25, 0.3) is 0 Å². The maximum atomic E-state index is 2.37. The Morgan fingerprint density at radius 1 is 0.348 bits per heavy atom. The van der Waals surface area contributed by atoms with Crippen LogP contribution in [0.25, 0.3) is 0 Å². The lowest BCUT2D eigenvalue weighted by atomic mass is 9.84. The van der Waals surface area contributed by atoms with Crippen LogP contribution in [-0.4, -0.2) is 0 Å². The summed E-state index contributed by atoms with van der Waals surface area (Å²) in [6.45, 7) is 14.2. The highest BCUT2D eigenvalue weighted by molar-refractivity contribution is 4.68. The summed E-state index contributed by atoms with van der Waals surface area (Å²) in [5, 5.41) is 0. The van der Waals surface area contributed by atoms with E-state index in [9.17, 15) is 0 Å². The molecule has 23 heavy (non-hydrogen) atoms. The number of rotatable bonds is 0.